The van der Waals surface area contributed by atoms with Gasteiger partial charge in [-0.3, -0.25) is 0 Å². The van der Waals surface area contributed by atoms with Crippen LogP contribution in [0, 0.1) is 0 Å². The maximum Gasteiger partial charge on any atom is 0.319 e. The topological polar surface area (TPSA) is 56.8 Å². The van der Waals surface area contributed by atoms with Crippen molar-refractivity contribution < 1.29 is 9.53 Å². The first kappa shape index (κ1) is 24.5. The Bertz CT molecular complexity index is 1100. The van der Waals surface area contributed by atoms with Crippen molar-refractivity contribution in [1.29, 1.82) is 0 Å². The van der Waals surface area contributed by atoms with Gasteiger partial charge in [0.25, 0.3) is 0 Å². The standard InChI is InChI=1S/C29H36N4O2/c1-4-5-20-35-26-16-12-24(13-17-26)31-29(34)30-21-28(23-10-14-25(15-11-23)32(2)3)33-19-18-22-8-6-7-9-27(22)33/h6-17,28H,4-5,18-21H2,1-3H3,(H2,30,31,34)/t28-/m1/s1. The lowest BCUT2D eigenvalue weighted by Crippen LogP contribution is -2.39. The number of fused-ring (bicyclic) bond motifs is 1. The molecule has 0 bridgehead atoms. The molecule has 0 aliphatic carbocycles. The van der Waals surface area contributed by atoms with Crippen LogP contribution in [0.1, 0.15) is 36.9 Å². The molecule has 2 amide bonds. The number of unbranched alkanes of at least 4 members (excludes halogenated alkanes) is 1. The maximum absolute atomic E-state index is 12.8. The summed E-state index contributed by atoms with van der Waals surface area (Å²) in [6.45, 7) is 4.28. The van der Waals surface area contributed by atoms with Crippen LogP contribution in [0.4, 0.5) is 21.9 Å². The number of hydrogen-bond donors (Lipinski definition) is 2. The average Bonchev–Trinajstić information content (AvgIpc) is 3.30. The van der Waals surface area contributed by atoms with Crippen LogP contribution in [-0.4, -0.2) is 39.8 Å². The molecule has 0 unspecified atom stereocenters. The monoisotopic (exact) mass is 472 g/mol. The van der Waals surface area contributed by atoms with Gasteiger partial charge < -0.3 is 25.2 Å². The van der Waals surface area contributed by atoms with Crippen molar-refractivity contribution in [2.24, 2.45) is 0 Å². The number of para-hydroxylation sites is 1. The van der Waals surface area contributed by atoms with Crippen molar-refractivity contribution >= 4 is 23.1 Å². The van der Waals surface area contributed by atoms with Gasteiger partial charge in [0, 0.05) is 44.2 Å². The number of amides is 2. The first-order chi connectivity index (χ1) is 17.0. The zero-order chi connectivity index (χ0) is 24.6. The van der Waals surface area contributed by atoms with Crippen LogP contribution < -0.4 is 25.2 Å². The van der Waals surface area contributed by atoms with Gasteiger partial charge in [-0.15, -0.1) is 0 Å². The molecular formula is C29H36N4O2. The van der Waals surface area contributed by atoms with E-state index in [0.29, 0.717) is 13.2 Å². The summed E-state index contributed by atoms with van der Waals surface area (Å²) >= 11 is 0. The maximum atomic E-state index is 12.8. The van der Waals surface area contributed by atoms with E-state index >= 15 is 0 Å². The molecular weight excluding hydrogens is 436 g/mol. The minimum Gasteiger partial charge on any atom is -0.494 e. The van der Waals surface area contributed by atoms with E-state index in [1.54, 1.807) is 0 Å². The van der Waals surface area contributed by atoms with Crippen molar-refractivity contribution in [2.75, 3.05) is 48.9 Å². The lowest BCUT2D eigenvalue weighted by molar-refractivity contribution is 0.251. The smallest absolute Gasteiger partial charge is 0.319 e. The Hall–Kier alpha value is -3.67. The molecule has 0 fully saturated rings. The Morgan fingerprint density at radius 3 is 2.49 bits per heavy atom. The molecule has 0 radical (unpaired) electrons. The molecule has 3 aromatic carbocycles. The predicted molar refractivity (Wildman–Crippen MR) is 145 cm³/mol. The second kappa shape index (κ2) is 11.6. The molecule has 6 heteroatoms. The summed E-state index contributed by atoms with van der Waals surface area (Å²) in [6.07, 6.45) is 3.15. The number of nitrogens with zero attached hydrogens (tertiary/aromatic N) is 2. The molecule has 0 spiro atoms. The van der Waals surface area contributed by atoms with Crippen molar-refractivity contribution in [3.8, 4) is 5.75 Å². The van der Waals surface area contributed by atoms with Crippen LogP contribution >= 0.6 is 0 Å². The van der Waals surface area contributed by atoms with Crippen molar-refractivity contribution in [3.05, 3.63) is 83.9 Å². The fourth-order valence-corrected chi connectivity index (χ4v) is 4.42. The van der Waals surface area contributed by atoms with Crippen LogP contribution in [0.3, 0.4) is 0 Å². The van der Waals surface area contributed by atoms with E-state index in [1.165, 1.54) is 16.8 Å². The lowest BCUT2D eigenvalue weighted by atomic mass is 10.0. The number of hydrogen-bond acceptors (Lipinski definition) is 4. The van der Waals surface area contributed by atoms with E-state index in [2.05, 4.69) is 75.9 Å². The molecule has 2 N–H and O–H groups in total. The Balaban J connectivity index is 1.43. The molecule has 6 nitrogen and oxygen atoms in total. The Labute approximate surface area is 208 Å². The van der Waals surface area contributed by atoms with Crippen LogP contribution in [0.2, 0.25) is 0 Å². The second-order valence-electron chi connectivity index (χ2n) is 9.14. The normalized spacial score (nSPS) is 13.2. The number of rotatable bonds is 10. The van der Waals surface area contributed by atoms with E-state index in [1.807, 2.05) is 38.4 Å². The first-order valence-corrected chi connectivity index (χ1v) is 12.4. The Kier molecular flexibility index (Phi) is 8.14. The van der Waals surface area contributed by atoms with Crippen molar-refractivity contribution in [3.63, 3.8) is 0 Å². The Morgan fingerprint density at radius 2 is 1.77 bits per heavy atom. The molecule has 1 heterocycles. The van der Waals surface area contributed by atoms with Gasteiger partial charge in [-0.1, -0.05) is 43.7 Å². The number of carbonyl (C=O) groups is 1. The average molecular weight is 473 g/mol. The van der Waals surface area contributed by atoms with Crippen LogP contribution in [-0.2, 0) is 6.42 Å². The van der Waals surface area contributed by atoms with E-state index in [0.717, 1.165) is 42.9 Å². The predicted octanol–water partition coefficient (Wildman–Crippen LogP) is 5.86. The van der Waals surface area contributed by atoms with Crippen molar-refractivity contribution in [2.45, 2.75) is 32.2 Å². The fraction of sp³-hybridized carbons (Fsp3) is 0.345. The molecule has 1 aliphatic rings. The molecule has 3 aromatic rings. The number of ether oxygens (including phenoxy) is 1. The third-order valence-electron chi connectivity index (χ3n) is 6.43. The third kappa shape index (κ3) is 6.27. The lowest BCUT2D eigenvalue weighted by Gasteiger charge is -2.31. The number of urea groups is 1. The van der Waals surface area contributed by atoms with Crippen LogP contribution in [0.25, 0.3) is 0 Å². The molecule has 1 aliphatic heterocycles. The first-order valence-electron chi connectivity index (χ1n) is 12.4. The SMILES string of the molecule is CCCCOc1ccc(NC(=O)NC[C@H](c2ccc(N(C)C)cc2)N2CCc3ccccc32)cc1. The summed E-state index contributed by atoms with van der Waals surface area (Å²) in [5.74, 6) is 0.818. The van der Waals surface area contributed by atoms with Crippen LogP contribution in [0.15, 0.2) is 72.8 Å². The van der Waals surface area contributed by atoms with Gasteiger partial charge in [0.1, 0.15) is 5.75 Å². The highest BCUT2D eigenvalue weighted by Crippen LogP contribution is 2.35. The van der Waals surface area contributed by atoms with Gasteiger partial charge in [0.2, 0.25) is 0 Å². The number of anilines is 3. The summed E-state index contributed by atoms with van der Waals surface area (Å²) in [7, 11) is 4.08. The second-order valence-corrected chi connectivity index (χ2v) is 9.14. The number of benzene rings is 3. The van der Waals surface area contributed by atoms with Gasteiger partial charge in [0.05, 0.1) is 12.6 Å². The molecule has 184 valence electrons. The van der Waals surface area contributed by atoms with Gasteiger partial charge in [0.15, 0.2) is 0 Å². The van der Waals surface area contributed by atoms with Gasteiger partial charge in [-0.05, 0) is 66.4 Å². The number of nitrogens with one attached hydrogen (secondary N) is 2. The highest BCUT2D eigenvalue weighted by molar-refractivity contribution is 5.89. The number of carbonyl (C=O) groups excluding carboxylic acids is 1. The molecule has 0 saturated carbocycles. The molecule has 0 aromatic heterocycles. The Morgan fingerprint density at radius 1 is 1.03 bits per heavy atom. The highest BCUT2D eigenvalue weighted by Gasteiger charge is 2.27. The van der Waals surface area contributed by atoms with E-state index in [9.17, 15) is 4.79 Å². The quantitative estimate of drug-likeness (QED) is 0.363. The highest BCUT2D eigenvalue weighted by atomic mass is 16.5. The largest absolute Gasteiger partial charge is 0.494 e. The summed E-state index contributed by atoms with van der Waals surface area (Å²) < 4.78 is 5.71. The summed E-state index contributed by atoms with van der Waals surface area (Å²) in [4.78, 5) is 17.3. The third-order valence-corrected chi connectivity index (χ3v) is 6.43. The summed E-state index contributed by atoms with van der Waals surface area (Å²) in [5, 5.41) is 6.04. The van der Waals surface area contributed by atoms with Crippen LogP contribution in [0.5, 0.6) is 5.75 Å². The van der Waals surface area contributed by atoms with Gasteiger partial charge >= 0.3 is 6.03 Å². The van der Waals surface area contributed by atoms with E-state index in [-0.39, 0.29) is 12.1 Å². The zero-order valence-corrected chi connectivity index (χ0v) is 21.0. The van der Waals surface area contributed by atoms with Crippen molar-refractivity contribution in [1.82, 2.24) is 5.32 Å². The molecule has 4 rings (SSSR count). The van der Waals surface area contributed by atoms with E-state index < -0.39 is 0 Å². The minimum absolute atomic E-state index is 0.0370. The van der Waals surface area contributed by atoms with Gasteiger partial charge in [-0.25, -0.2) is 4.79 Å². The van der Waals surface area contributed by atoms with Gasteiger partial charge in [-0.2, -0.15) is 0 Å². The summed E-state index contributed by atoms with van der Waals surface area (Å²) in [6, 6.07) is 24.5. The van der Waals surface area contributed by atoms with E-state index in [4.69, 9.17) is 4.74 Å². The fourth-order valence-electron chi connectivity index (χ4n) is 4.42. The summed E-state index contributed by atoms with van der Waals surface area (Å²) in [5.41, 5.74) is 5.68. The minimum atomic E-state index is -0.216. The molecule has 1 atom stereocenters. The molecule has 0 saturated heterocycles. The molecule has 35 heavy (non-hydrogen) atoms. The zero-order valence-electron chi connectivity index (χ0n) is 21.0.